The summed E-state index contributed by atoms with van der Waals surface area (Å²) < 4.78 is 53.2. The second kappa shape index (κ2) is 6.42. The van der Waals surface area contributed by atoms with E-state index in [1.807, 2.05) is 4.90 Å². The number of halogens is 4. The first-order chi connectivity index (χ1) is 11.5. The van der Waals surface area contributed by atoms with Crippen LogP contribution in [0.3, 0.4) is 0 Å². The van der Waals surface area contributed by atoms with Gasteiger partial charge in [-0.2, -0.15) is 0 Å². The van der Waals surface area contributed by atoms with Crippen LogP contribution in [-0.4, -0.2) is 47.0 Å². The zero-order valence-corrected chi connectivity index (χ0v) is 12.3. The van der Waals surface area contributed by atoms with Gasteiger partial charge in [-0.05, 0) is 12.1 Å². The molecule has 2 aromatic rings. The molecular weight excluding hydrogens is 328 g/mol. The summed E-state index contributed by atoms with van der Waals surface area (Å²) in [6, 6.07) is 2.05. The molecule has 0 bridgehead atoms. The van der Waals surface area contributed by atoms with Crippen molar-refractivity contribution in [1.82, 2.24) is 14.9 Å². The molecule has 0 aliphatic carbocycles. The Morgan fingerprint density at radius 1 is 0.917 bits per heavy atom. The van der Waals surface area contributed by atoms with Crippen LogP contribution < -0.4 is 4.90 Å². The van der Waals surface area contributed by atoms with E-state index in [4.69, 9.17) is 0 Å². The minimum atomic E-state index is -1.99. The van der Waals surface area contributed by atoms with E-state index in [0.717, 1.165) is 0 Å². The molecule has 2 heterocycles. The fourth-order valence-electron chi connectivity index (χ4n) is 2.46. The summed E-state index contributed by atoms with van der Waals surface area (Å²) in [7, 11) is 0. The van der Waals surface area contributed by atoms with Crippen LogP contribution in [0, 0.1) is 23.3 Å². The Morgan fingerprint density at radius 2 is 1.54 bits per heavy atom. The van der Waals surface area contributed by atoms with Crippen LogP contribution >= 0.6 is 0 Å². The maximum Gasteiger partial charge on any atom is 0.257 e. The maximum atomic E-state index is 13.7. The van der Waals surface area contributed by atoms with E-state index in [9.17, 15) is 22.4 Å². The summed E-state index contributed by atoms with van der Waals surface area (Å²) in [5, 5.41) is 0. The van der Waals surface area contributed by atoms with Crippen LogP contribution in [0.1, 0.15) is 10.4 Å². The van der Waals surface area contributed by atoms with Crippen LogP contribution in [0.5, 0.6) is 0 Å². The van der Waals surface area contributed by atoms with Crippen molar-refractivity contribution < 1.29 is 22.4 Å². The van der Waals surface area contributed by atoms with Crippen LogP contribution in [0.15, 0.2) is 24.5 Å². The van der Waals surface area contributed by atoms with Crippen LogP contribution in [0.4, 0.5) is 23.5 Å². The van der Waals surface area contributed by atoms with E-state index in [1.54, 1.807) is 18.5 Å². The molecule has 0 saturated carbocycles. The molecule has 126 valence electrons. The Hall–Kier alpha value is -2.71. The molecule has 1 aliphatic rings. The van der Waals surface area contributed by atoms with E-state index in [0.29, 0.717) is 25.1 Å². The van der Waals surface area contributed by atoms with Crippen LogP contribution in [0.2, 0.25) is 0 Å². The average molecular weight is 340 g/mol. The third-order valence-electron chi connectivity index (χ3n) is 3.73. The highest BCUT2D eigenvalue weighted by molar-refractivity contribution is 5.94. The van der Waals surface area contributed by atoms with Crippen LogP contribution in [0.25, 0.3) is 0 Å². The third-order valence-corrected chi connectivity index (χ3v) is 3.73. The minimum absolute atomic E-state index is 0.192. The predicted molar refractivity (Wildman–Crippen MR) is 76.4 cm³/mol. The topological polar surface area (TPSA) is 49.3 Å². The first kappa shape index (κ1) is 16.2. The van der Waals surface area contributed by atoms with E-state index in [-0.39, 0.29) is 13.1 Å². The number of hydrogen-bond donors (Lipinski definition) is 0. The van der Waals surface area contributed by atoms with Gasteiger partial charge in [0.1, 0.15) is 0 Å². The Morgan fingerprint density at radius 3 is 2.17 bits per heavy atom. The number of nitrogens with zero attached hydrogens (tertiary/aromatic N) is 4. The molecule has 3 rings (SSSR count). The van der Waals surface area contributed by atoms with Crippen molar-refractivity contribution >= 4 is 11.9 Å². The Kier molecular flexibility index (Phi) is 4.32. The van der Waals surface area contributed by atoms with E-state index in [2.05, 4.69) is 9.97 Å². The molecule has 1 amide bonds. The normalized spacial score (nSPS) is 14.8. The molecule has 24 heavy (non-hydrogen) atoms. The molecule has 0 N–H and O–H groups in total. The van der Waals surface area contributed by atoms with E-state index < -0.39 is 34.7 Å². The van der Waals surface area contributed by atoms with Crippen molar-refractivity contribution in [3.63, 3.8) is 0 Å². The second-order valence-electron chi connectivity index (χ2n) is 5.18. The Labute approximate surface area is 134 Å². The summed E-state index contributed by atoms with van der Waals surface area (Å²) in [5.74, 6) is -7.61. The lowest BCUT2D eigenvalue weighted by atomic mass is 10.1. The number of piperazine rings is 1. The Bertz CT molecular complexity index is 764. The molecule has 1 aromatic heterocycles. The van der Waals surface area contributed by atoms with Crippen molar-refractivity contribution in [2.75, 3.05) is 31.1 Å². The number of anilines is 1. The van der Waals surface area contributed by atoms with Gasteiger partial charge < -0.3 is 9.80 Å². The van der Waals surface area contributed by atoms with Gasteiger partial charge >= 0.3 is 0 Å². The lowest BCUT2D eigenvalue weighted by Gasteiger charge is -2.34. The van der Waals surface area contributed by atoms with Crippen molar-refractivity contribution in [1.29, 1.82) is 0 Å². The lowest BCUT2D eigenvalue weighted by molar-refractivity contribution is 0.0739. The molecule has 1 fully saturated rings. The van der Waals surface area contributed by atoms with Gasteiger partial charge in [0.2, 0.25) is 5.95 Å². The van der Waals surface area contributed by atoms with Gasteiger partial charge in [-0.3, -0.25) is 4.79 Å². The number of hydrogen-bond acceptors (Lipinski definition) is 4. The average Bonchev–Trinajstić information content (AvgIpc) is 2.63. The number of carbonyl (C=O) groups excluding carboxylic acids is 1. The van der Waals surface area contributed by atoms with Gasteiger partial charge in [0, 0.05) is 38.6 Å². The van der Waals surface area contributed by atoms with Gasteiger partial charge in [0.25, 0.3) is 5.91 Å². The van der Waals surface area contributed by atoms with Crippen molar-refractivity contribution in [3.05, 3.63) is 53.4 Å². The first-order valence-electron chi connectivity index (χ1n) is 7.13. The van der Waals surface area contributed by atoms with Crippen molar-refractivity contribution in [3.8, 4) is 0 Å². The van der Waals surface area contributed by atoms with Gasteiger partial charge in [-0.25, -0.2) is 27.5 Å². The number of benzene rings is 1. The highest BCUT2D eigenvalue weighted by Gasteiger charge is 2.28. The Balaban J connectivity index is 1.74. The molecule has 0 atom stereocenters. The molecule has 0 spiro atoms. The van der Waals surface area contributed by atoms with Crippen LogP contribution in [-0.2, 0) is 0 Å². The standard InChI is InChI=1S/C15H12F4N4O/c16-10-8-9(11(17)13(19)12(10)18)14(24)22-4-6-23(7-5-22)15-20-2-1-3-21-15/h1-3,8H,4-7H2. The fraction of sp³-hybridized carbons (Fsp3) is 0.267. The minimum Gasteiger partial charge on any atom is -0.337 e. The summed E-state index contributed by atoms with van der Waals surface area (Å²) >= 11 is 0. The molecule has 1 aliphatic heterocycles. The number of amides is 1. The molecule has 1 aromatic carbocycles. The molecule has 0 unspecified atom stereocenters. The number of aromatic nitrogens is 2. The lowest BCUT2D eigenvalue weighted by Crippen LogP contribution is -2.49. The summed E-state index contributed by atoms with van der Waals surface area (Å²) in [5.41, 5.74) is -0.823. The smallest absolute Gasteiger partial charge is 0.257 e. The van der Waals surface area contributed by atoms with Gasteiger partial charge in [-0.1, -0.05) is 0 Å². The molecule has 5 nitrogen and oxygen atoms in total. The summed E-state index contributed by atoms with van der Waals surface area (Å²) in [6.07, 6.45) is 3.17. The summed E-state index contributed by atoms with van der Waals surface area (Å²) in [6.45, 7) is 1.14. The number of rotatable bonds is 2. The van der Waals surface area contributed by atoms with Gasteiger partial charge in [0.15, 0.2) is 23.3 Å². The molecular formula is C15H12F4N4O. The first-order valence-corrected chi connectivity index (χ1v) is 7.13. The quantitative estimate of drug-likeness (QED) is 0.477. The second-order valence-corrected chi connectivity index (χ2v) is 5.18. The van der Waals surface area contributed by atoms with E-state index in [1.165, 1.54) is 4.90 Å². The third kappa shape index (κ3) is 2.89. The zero-order chi connectivity index (χ0) is 17.3. The van der Waals surface area contributed by atoms with Crippen molar-refractivity contribution in [2.45, 2.75) is 0 Å². The van der Waals surface area contributed by atoms with Gasteiger partial charge in [-0.15, -0.1) is 0 Å². The highest BCUT2D eigenvalue weighted by atomic mass is 19.2. The van der Waals surface area contributed by atoms with Gasteiger partial charge in [0.05, 0.1) is 5.56 Å². The van der Waals surface area contributed by atoms with Crippen molar-refractivity contribution in [2.24, 2.45) is 0 Å². The zero-order valence-electron chi connectivity index (χ0n) is 12.3. The van der Waals surface area contributed by atoms with E-state index >= 15 is 0 Å². The molecule has 0 radical (unpaired) electrons. The molecule has 9 heteroatoms. The SMILES string of the molecule is O=C(c1cc(F)c(F)c(F)c1F)N1CCN(c2ncccn2)CC1. The monoisotopic (exact) mass is 340 g/mol. The highest BCUT2D eigenvalue weighted by Crippen LogP contribution is 2.21. The maximum absolute atomic E-state index is 13.7. The summed E-state index contributed by atoms with van der Waals surface area (Å²) in [4.78, 5) is 23.5. The number of carbonyl (C=O) groups is 1. The largest absolute Gasteiger partial charge is 0.337 e. The molecule has 1 saturated heterocycles. The predicted octanol–water partition coefficient (Wildman–Crippen LogP) is 2.00. The fourth-order valence-corrected chi connectivity index (χ4v) is 2.46.